The summed E-state index contributed by atoms with van der Waals surface area (Å²) in [5.41, 5.74) is 2.34. The molecular weight excluding hydrogens is 138 g/mol. The lowest BCUT2D eigenvalue weighted by Crippen LogP contribution is -2.29. The summed E-state index contributed by atoms with van der Waals surface area (Å²) in [7, 11) is 0. The number of nitrogens with one attached hydrogen (secondary N) is 1. The number of ketones is 1. The van der Waals surface area contributed by atoms with Crippen LogP contribution in [0.4, 0.5) is 0 Å². The minimum absolute atomic E-state index is 0.339. The molecule has 11 heavy (non-hydrogen) atoms. The average molecular weight is 151 g/mol. The van der Waals surface area contributed by atoms with Gasteiger partial charge in [-0.2, -0.15) is 0 Å². The fourth-order valence-corrected chi connectivity index (χ4v) is 1.90. The smallest absolute Gasteiger partial charge is 0.178 e. The van der Waals surface area contributed by atoms with Crippen molar-refractivity contribution in [1.82, 2.24) is 5.32 Å². The molecule has 0 radical (unpaired) electrons. The normalized spacial score (nSPS) is 24.5. The van der Waals surface area contributed by atoms with Crippen LogP contribution in [-0.4, -0.2) is 12.3 Å². The number of carbonyl (C=O) groups is 1. The van der Waals surface area contributed by atoms with E-state index in [0.717, 1.165) is 37.9 Å². The van der Waals surface area contributed by atoms with Crippen molar-refractivity contribution in [2.45, 2.75) is 32.1 Å². The summed E-state index contributed by atoms with van der Waals surface area (Å²) in [6.07, 6.45) is 5.32. The highest BCUT2D eigenvalue weighted by Crippen LogP contribution is 2.26. The molecule has 0 spiro atoms. The Morgan fingerprint density at radius 1 is 1.09 bits per heavy atom. The van der Waals surface area contributed by atoms with Crippen molar-refractivity contribution in [3.63, 3.8) is 0 Å². The Morgan fingerprint density at radius 2 is 1.91 bits per heavy atom. The monoisotopic (exact) mass is 151 g/mol. The zero-order valence-corrected chi connectivity index (χ0v) is 6.65. The van der Waals surface area contributed by atoms with Gasteiger partial charge in [-0.1, -0.05) is 0 Å². The van der Waals surface area contributed by atoms with Gasteiger partial charge in [-0.05, 0) is 31.3 Å². The van der Waals surface area contributed by atoms with Gasteiger partial charge in [0.05, 0.1) is 5.70 Å². The minimum Gasteiger partial charge on any atom is -0.382 e. The van der Waals surface area contributed by atoms with Crippen LogP contribution >= 0.6 is 0 Å². The zero-order valence-electron chi connectivity index (χ0n) is 6.65. The van der Waals surface area contributed by atoms with E-state index >= 15 is 0 Å². The minimum atomic E-state index is 0.339. The lowest BCUT2D eigenvalue weighted by atomic mass is 9.90. The molecule has 0 aromatic rings. The molecule has 0 bridgehead atoms. The fraction of sp³-hybridized carbons (Fsp3) is 0.667. The van der Waals surface area contributed by atoms with E-state index in [1.165, 1.54) is 12.0 Å². The van der Waals surface area contributed by atoms with Gasteiger partial charge < -0.3 is 5.32 Å². The first-order chi connectivity index (χ1) is 5.38. The molecule has 2 rings (SSSR count). The van der Waals surface area contributed by atoms with Crippen LogP contribution in [-0.2, 0) is 4.79 Å². The van der Waals surface area contributed by atoms with Crippen LogP contribution in [0.25, 0.3) is 0 Å². The van der Waals surface area contributed by atoms with E-state index in [2.05, 4.69) is 5.32 Å². The molecule has 0 saturated heterocycles. The summed E-state index contributed by atoms with van der Waals surface area (Å²) in [5.74, 6) is 0.339. The van der Waals surface area contributed by atoms with E-state index < -0.39 is 0 Å². The van der Waals surface area contributed by atoms with Crippen molar-refractivity contribution in [2.24, 2.45) is 0 Å². The maximum Gasteiger partial charge on any atom is 0.178 e. The Bertz CT molecular complexity index is 214. The Balaban J connectivity index is 2.27. The summed E-state index contributed by atoms with van der Waals surface area (Å²) < 4.78 is 0. The van der Waals surface area contributed by atoms with Crippen LogP contribution < -0.4 is 5.32 Å². The van der Waals surface area contributed by atoms with Crippen molar-refractivity contribution in [3.05, 3.63) is 11.3 Å². The summed E-state index contributed by atoms with van der Waals surface area (Å²) in [5, 5.41) is 3.20. The summed E-state index contributed by atoms with van der Waals surface area (Å²) in [6, 6.07) is 0. The predicted octanol–water partition coefficient (Wildman–Crippen LogP) is 1.38. The van der Waals surface area contributed by atoms with Gasteiger partial charge in [0.25, 0.3) is 0 Å². The Hall–Kier alpha value is -0.790. The second kappa shape index (κ2) is 2.68. The number of Topliss-reactive ketones (excluding diaryl/α,β-unsaturated/α-hetero) is 1. The van der Waals surface area contributed by atoms with Gasteiger partial charge in [0.1, 0.15) is 0 Å². The van der Waals surface area contributed by atoms with Crippen molar-refractivity contribution < 1.29 is 4.79 Å². The molecule has 0 amide bonds. The molecule has 0 unspecified atom stereocenters. The molecule has 1 aliphatic carbocycles. The highest BCUT2D eigenvalue weighted by atomic mass is 16.1. The van der Waals surface area contributed by atoms with Crippen LogP contribution in [0.3, 0.4) is 0 Å². The van der Waals surface area contributed by atoms with Crippen molar-refractivity contribution >= 4 is 5.78 Å². The topological polar surface area (TPSA) is 29.1 Å². The van der Waals surface area contributed by atoms with Crippen LogP contribution in [0.15, 0.2) is 11.3 Å². The molecule has 1 heterocycles. The molecule has 0 aromatic heterocycles. The summed E-state index contributed by atoms with van der Waals surface area (Å²) in [4.78, 5) is 11.3. The first-order valence-electron chi connectivity index (χ1n) is 4.37. The summed E-state index contributed by atoms with van der Waals surface area (Å²) >= 11 is 0. The molecule has 0 aromatic carbocycles. The maximum atomic E-state index is 11.3. The molecule has 1 aliphatic heterocycles. The fourth-order valence-electron chi connectivity index (χ4n) is 1.90. The predicted molar refractivity (Wildman–Crippen MR) is 43.1 cm³/mol. The highest BCUT2D eigenvalue weighted by Gasteiger charge is 2.21. The van der Waals surface area contributed by atoms with Gasteiger partial charge >= 0.3 is 0 Å². The highest BCUT2D eigenvalue weighted by molar-refractivity contribution is 5.96. The van der Waals surface area contributed by atoms with E-state index in [1.54, 1.807) is 0 Å². The standard InChI is InChI=1S/C9H13NO/c11-8-5-1-3-7-4-2-6-10-9(7)8/h10H,1-6H2. The van der Waals surface area contributed by atoms with Crippen LogP contribution in [0.1, 0.15) is 32.1 Å². The number of hydrogen-bond acceptors (Lipinski definition) is 2. The lowest BCUT2D eigenvalue weighted by molar-refractivity contribution is -0.116. The molecule has 60 valence electrons. The second-order valence-electron chi connectivity index (χ2n) is 3.29. The molecule has 2 nitrogen and oxygen atoms in total. The number of hydrogen-bond donors (Lipinski definition) is 1. The van der Waals surface area contributed by atoms with E-state index in [1.807, 2.05) is 0 Å². The Kier molecular flexibility index (Phi) is 1.68. The van der Waals surface area contributed by atoms with E-state index in [-0.39, 0.29) is 0 Å². The van der Waals surface area contributed by atoms with Crippen LogP contribution in [0.2, 0.25) is 0 Å². The lowest BCUT2D eigenvalue weighted by Gasteiger charge is -2.24. The van der Waals surface area contributed by atoms with Gasteiger partial charge in [-0.25, -0.2) is 0 Å². The van der Waals surface area contributed by atoms with Gasteiger partial charge in [0, 0.05) is 13.0 Å². The zero-order chi connectivity index (χ0) is 7.68. The van der Waals surface area contributed by atoms with Crippen molar-refractivity contribution in [2.75, 3.05) is 6.54 Å². The van der Waals surface area contributed by atoms with Crippen molar-refractivity contribution in [1.29, 1.82) is 0 Å². The third kappa shape index (κ3) is 1.17. The Morgan fingerprint density at radius 3 is 2.73 bits per heavy atom. The maximum absolute atomic E-state index is 11.3. The quantitative estimate of drug-likeness (QED) is 0.566. The van der Waals surface area contributed by atoms with Crippen LogP contribution in [0, 0.1) is 0 Å². The van der Waals surface area contributed by atoms with Gasteiger partial charge in [0.15, 0.2) is 5.78 Å². The number of carbonyl (C=O) groups excluding carboxylic acids is 1. The van der Waals surface area contributed by atoms with Crippen molar-refractivity contribution in [3.8, 4) is 0 Å². The largest absolute Gasteiger partial charge is 0.382 e. The van der Waals surface area contributed by atoms with Gasteiger partial charge in [0.2, 0.25) is 0 Å². The third-order valence-electron chi connectivity index (χ3n) is 2.47. The molecule has 2 heteroatoms. The van der Waals surface area contributed by atoms with Gasteiger partial charge in [-0.15, -0.1) is 0 Å². The molecule has 0 atom stereocenters. The third-order valence-corrected chi connectivity index (χ3v) is 2.47. The van der Waals surface area contributed by atoms with E-state index in [4.69, 9.17) is 0 Å². The second-order valence-corrected chi connectivity index (χ2v) is 3.29. The Labute approximate surface area is 66.7 Å². The first-order valence-corrected chi connectivity index (χ1v) is 4.37. The van der Waals surface area contributed by atoms with Gasteiger partial charge in [-0.3, -0.25) is 4.79 Å². The number of rotatable bonds is 0. The average Bonchev–Trinajstić information content (AvgIpc) is 2.06. The summed E-state index contributed by atoms with van der Waals surface area (Å²) in [6.45, 7) is 0.991. The molecule has 1 N–H and O–H groups in total. The van der Waals surface area contributed by atoms with E-state index in [9.17, 15) is 4.79 Å². The van der Waals surface area contributed by atoms with Crippen LogP contribution in [0.5, 0.6) is 0 Å². The molecule has 2 aliphatic rings. The first kappa shape index (κ1) is 6.89. The number of allylic oxidation sites excluding steroid dienone is 2. The molecule has 0 saturated carbocycles. The molecular formula is C9H13NO. The SMILES string of the molecule is O=C1CCCC2=C1NCCC2. The van der Waals surface area contributed by atoms with E-state index in [0.29, 0.717) is 5.78 Å². The molecule has 0 fully saturated rings.